The van der Waals surface area contributed by atoms with Gasteiger partial charge in [-0.15, -0.1) is 0 Å². The van der Waals surface area contributed by atoms with Gasteiger partial charge in [-0.05, 0) is 40.7 Å². The molecule has 0 bridgehead atoms. The Morgan fingerprint density at radius 3 is 2.42 bits per heavy atom. The summed E-state index contributed by atoms with van der Waals surface area (Å²) in [5.41, 5.74) is 1.26. The molecule has 1 heterocycles. The first-order valence-electron chi connectivity index (χ1n) is 8.59. The van der Waals surface area contributed by atoms with Crippen LogP contribution in [0.5, 0.6) is 0 Å². The third kappa shape index (κ3) is 3.61. The van der Waals surface area contributed by atoms with Gasteiger partial charge in [0.05, 0.1) is 11.3 Å². The summed E-state index contributed by atoms with van der Waals surface area (Å²) >= 11 is 0. The van der Waals surface area contributed by atoms with Crippen LogP contribution in [0.1, 0.15) is 54.4 Å². The molecular weight excluding hydrogens is 306 g/mol. The predicted molar refractivity (Wildman–Crippen MR) is 92.9 cm³/mol. The summed E-state index contributed by atoms with van der Waals surface area (Å²) in [6, 6.07) is 0.186. The SMILES string of the molecule is CNC(C)CNC(=O)C1(NC(=O)c2c(C)nn(C)c2C)CCCC1. The van der Waals surface area contributed by atoms with E-state index < -0.39 is 5.54 Å². The Hall–Kier alpha value is -1.89. The van der Waals surface area contributed by atoms with Gasteiger partial charge in [-0.1, -0.05) is 12.8 Å². The zero-order valence-electron chi connectivity index (χ0n) is 15.3. The lowest BCUT2D eigenvalue weighted by molar-refractivity contribution is -0.127. The fourth-order valence-electron chi connectivity index (χ4n) is 3.29. The highest BCUT2D eigenvalue weighted by molar-refractivity contribution is 6.00. The van der Waals surface area contributed by atoms with Crippen molar-refractivity contribution in [2.75, 3.05) is 13.6 Å². The lowest BCUT2D eigenvalue weighted by atomic mass is 9.95. The highest BCUT2D eigenvalue weighted by Gasteiger charge is 2.43. The molecule has 0 radical (unpaired) electrons. The molecule has 7 heteroatoms. The second kappa shape index (κ2) is 7.34. The first kappa shape index (κ1) is 18.4. The van der Waals surface area contributed by atoms with Crippen molar-refractivity contribution in [3.05, 3.63) is 17.0 Å². The first-order valence-corrected chi connectivity index (χ1v) is 8.59. The maximum atomic E-state index is 12.8. The molecule has 7 nitrogen and oxygen atoms in total. The van der Waals surface area contributed by atoms with Gasteiger partial charge in [0.1, 0.15) is 5.54 Å². The predicted octanol–water partition coefficient (Wildman–Crippen LogP) is 0.804. The Morgan fingerprint density at radius 1 is 1.29 bits per heavy atom. The largest absolute Gasteiger partial charge is 0.353 e. The molecule has 1 aliphatic carbocycles. The van der Waals surface area contributed by atoms with Crippen molar-refractivity contribution in [1.29, 1.82) is 0 Å². The fourth-order valence-corrected chi connectivity index (χ4v) is 3.29. The minimum atomic E-state index is -0.806. The molecule has 24 heavy (non-hydrogen) atoms. The molecule has 3 N–H and O–H groups in total. The molecule has 1 unspecified atom stereocenters. The fraction of sp³-hybridized carbons (Fsp3) is 0.706. The summed E-state index contributed by atoms with van der Waals surface area (Å²) in [4.78, 5) is 25.6. The first-order chi connectivity index (χ1) is 11.3. The molecule has 2 rings (SSSR count). The van der Waals surface area contributed by atoms with Crippen LogP contribution in [0.4, 0.5) is 0 Å². The molecule has 1 aromatic heterocycles. The number of hydrogen-bond acceptors (Lipinski definition) is 4. The van der Waals surface area contributed by atoms with Crippen molar-refractivity contribution in [2.24, 2.45) is 7.05 Å². The van der Waals surface area contributed by atoms with E-state index in [9.17, 15) is 9.59 Å². The smallest absolute Gasteiger partial charge is 0.255 e. The van der Waals surface area contributed by atoms with E-state index in [1.54, 1.807) is 4.68 Å². The van der Waals surface area contributed by atoms with Gasteiger partial charge in [0.15, 0.2) is 0 Å². The molecule has 134 valence electrons. The Morgan fingerprint density at radius 2 is 1.92 bits per heavy atom. The summed E-state index contributed by atoms with van der Waals surface area (Å²) in [6.07, 6.45) is 3.24. The Balaban J connectivity index is 2.15. The molecule has 0 aliphatic heterocycles. The number of carbonyl (C=O) groups excluding carboxylic acids is 2. The van der Waals surface area contributed by atoms with Crippen LogP contribution in [0.15, 0.2) is 0 Å². The summed E-state index contributed by atoms with van der Waals surface area (Å²) in [7, 11) is 3.67. The Labute approximate surface area is 143 Å². The Bertz CT molecular complexity index is 617. The standard InChI is InChI=1S/C17H29N5O2/c1-11(18-4)10-19-16(24)17(8-6-7-9-17)20-15(23)14-12(2)21-22(5)13(14)3/h11,18H,6-10H2,1-5H3,(H,19,24)(H,20,23). The van der Waals surface area contributed by atoms with E-state index in [0.717, 1.165) is 18.5 Å². The average Bonchev–Trinajstić information content (AvgIpc) is 3.10. The van der Waals surface area contributed by atoms with Gasteiger partial charge >= 0.3 is 0 Å². The van der Waals surface area contributed by atoms with E-state index in [4.69, 9.17) is 0 Å². The number of rotatable bonds is 6. The molecule has 0 spiro atoms. The highest BCUT2D eigenvalue weighted by Crippen LogP contribution is 2.30. The van der Waals surface area contributed by atoms with E-state index >= 15 is 0 Å². The van der Waals surface area contributed by atoms with Gasteiger partial charge < -0.3 is 16.0 Å². The molecular formula is C17H29N5O2. The van der Waals surface area contributed by atoms with Crippen molar-refractivity contribution in [2.45, 2.75) is 58.0 Å². The molecule has 1 aromatic rings. The van der Waals surface area contributed by atoms with Crippen molar-refractivity contribution in [3.8, 4) is 0 Å². The number of nitrogens with zero attached hydrogens (tertiary/aromatic N) is 2. The molecule has 2 amide bonds. The summed E-state index contributed by atoms with van der Waals surface area (Å²) in [6.45, 7) is 6.23. The maximum Gasteiger partial charge on any atom is 0.255 e. The van der Waals surface area contributed by atoms with Crippen molar-refractivity contribution < 1.29 is 9.59 Å². The van der Waals surface area contributed by atoms with Crippen molar-refractivity contribution >= 4 is 11.8 Å². The molecule has 1 atom stereocenters. The van der Waals surface area contributed by atoms with Crippen molar-refractivity contribution in [1.82, 2.24) is 25.7 Å². The van der Waals surface area contributed by atoms with Gasteiger partial charge in [0, 0.05) is 25.3 Å². The van der Waals surface area contributed by atoms with E-state index in [1.165, 1.54) is 0 Å². The lowest BCUT2D eigenvalue weighted by Crippen LogP contribution is -2.58. The number of hydrogen-bond donors (Lipinski definition) is 3. The number of amides is 2. The molecule has 0 saturated heterocycles. The van der Waals surface area contributed by atoms with E-state index in [-0.39, 0.29) is 17.9 Å². The molecule has 0 aromatic carbocycles. The quantitative estimate of drug-likeness (QED) is 0.718. The number of carbonyl (C=O) groups is 2. The number of likely N-dealkylation sites (N-methyl/N-ethyl adjacent to an activating group) is 1. The Kier molecular flexibility index (Phi) is 5.64. The summed E-state index contributed by atoms with van der Waals surface area (Å²) < 4.78 is 1.69. The van der Waals surface area contributed by atoms with Crippen LogP contribution >= 0.6 is 0 Å². The summed E-state index contributed by atoms with van der Waals surface area (Å²) in [5, 5.41) is 13.4. The van der Waals surface area contributed by atoms with Crippen LogP contribution in [-0.4, -0.2) is 46.8 Å². The van der Waals surface area contributed by atoms with Crippen molar-refractivity contribution in [3.63, 3.8) is 0 Å². The molecule has 1 saturated carbocycles. The van der Waals surface area contributed by atoms with Crippen LogP contribution in [0.25, 0.3) is 0 Å². The molecule has 1 aliphatic rings. The minimum absolute atomic E-state index is 0.0883. The van der Waals surface area contributed by atoms with Crippen LogP contribution in [0.2, 0.25) is 0 Å². The lowest BCUT2D eigenvalue weighted by Gasteiger charge is -2.29. The third-order valence-corrected chi connectivity index (χ3v) is 5.04. The number of aromatic nitrogens is 2. The second-order valence-corrected chi connectivity index (χ2v) is 6.81. The number of aryl methyl sites for hydroxylation is 2. The zero-order valence-corrected chi connectivity index (χ0v) is 15.3. The monoisotopic (exact) mass is 335 g/mol. The van der Waals surface area contributed by atoms with Crippen LogP contribution in [0, 0.1) is 13.8 Å². The van der Waals surface area contributed by atoms with Gasteiger partial charge in [-0.2, -0.15) is 5.10 Å². The highest BCUT2D eigenvalue weighted by atomic mass is 16.2. The second-order valence-electron chi connectivity index (χ2n) is 6.81. The third-order valence-electron chi connectivity index (χ3n) is 5.04. The zero-order chi connectivity index (χ0) is 17.9. The van der Waals surface area contributed by atoms with Crippen LogP contribution in [-0.2, 0) is 11.8 Å². The van der Waals surface area contributed by atoms with Gasteiger partial charge in [0.25, 0.3) is 5.91 Å². The maximum absolute atomic E-state index is 12.8. The minimum Gasteiger partial charge on any atom is -0.353 e. The van der Waals surface area contributed by atoms with Gasteiger partial charge in [-0.3, -0.25) is 14.3 Å². The van der Waals surface area contributed by atoms with Crippen LogP contribution < -0.4 is 16.0 Å². The topological polar surface area (TPSA) is 88.0 Å². The van der Waals surface area contributed by atoms with E-state index in [0.29, 0.717) is 30.6 Å². The molecule has 1 fully saturated rings. The average molecular weight is 335 g/mol. The van der Waals surface area contributed by atoms with E-state index in [2.05, 4.69) is 21.0 Å². The number of nitrogens with one attached hydrogen (secondary N) is 3. The normalized spacial score (nSPS) is 17.5. The summed E-state index contributed by atoms with van der Waals surface area (Å²) in [5.74, 6) is -0.300. The van der Waals surface area contributed by atoms with E-state index in [1.807, 2.05) is 34.9 Å². The van der Waals surface area contributed by atoms with Gasteiger partial charge in [-0.25, -0.2) is 0 Å². The van der Waals surface area contributed by atoms with Crippen LogP contribution in [0.3, 0.4) is 0 Å². The van der Waals surface area contributed by atoms with Gasteiger partial charge in [0.2, 0.25) is 5.91 Å².